The third-order valence-electron chi connectivity index (χ3n) is 9.20. The standard InChI is InChI=1S/C28H42N2O/c1-20(31)13-14-23-9-3-4-12-28(23)29(2)26-18-24-10-6-11-25(19-26)30(24)27-16-21-7-5-8-22(15-21)17-27/h3-4,9,12,21-22,24-27H,5-8,10-11,13-19H2,1-2H3. The Labute approximate surface area is 189 Å². The fourth-order valence-electron chi connectivity index (χ4n) is 7.81. The number of benzene rings is 1. The summed E-state index contributed by atoms with van der Waals surface area (Å²) < 4.78 is 0. The van der Waals surface area contributed by atoms with Gasteiger partial charge in [0.05, 0.1) is 0 Å². The lowest BCUT2D eigenvalue weighted by Gasteiger charge is -2.56. The molecule has 4 unspecified atom stereocenters. The van der Waals surface area contributed by atoms with Gasteiger partial charge < -0.3 is 9.69 Å². The molecule has 0 radical (unpaired) electrons. The summed E-state index contributed by atoms with van der Waals surface area (Å²) in [6.45, 7) is 1.71. The number of Topliss-reactive ketones (excluding diaryl/α,β-unsaturated/α-hetero) is 1. The molecule has 1 aromatic carbocycles. The molecule has 4 atom stereocenters. The first-order valence-electron chi connectivity index (χ1n) is 13.2. The zero-order valence-corrected chi connectivity index (χ0v) is 19.8. The van der Waals surface area contributed by atoms with Gasteiger partial charge in [-0.25, -0.2) is 0 Å². The van der Waals surface area contributed by atoms with Crippen molar-refractivity contribution in [3.05, 3.63) is 29.8 Å². The van der Waals surface area contributed by atoms with Crippen molar-refractivity contribution < 1.29 is 4.79 Å². The fraction of sp³-hybridized carbons (Fsp3) is 0.750. The summed E-state index contributed by atoms with van der Waals surface area (Å²) in [5, 5.41) is 0. The van der Waals surface area contributed by atoms with Gasteiger partial charge in [0, 0.05) is 43.3 Å². The molecule has 5 rings (SSSR count). The number of rotatable bonds is 6. The Bertz CT molecular complexity index is 750. The first-order chi connectivity index (χ1) is 15.1. The third-order valence-corrected chi connectivity index (χ3v) is 9.20. The molecule has 4 fully saturated rings. The molecule has 3 heteroatoms. The highest BCUT2D eigenvalue weighted by atomic mass is 16.1. The Kier molecular flexibility index (Phi) is 6.42. The second-order valence-electron chi connectivity index (χ2n) is 11.3. The number of ketones is 1. The van der Waals surface area contributed by atoms with Crippen molar-refractivity contribution in [2.45, 2.75) is 115 Å². The minimum atomic E-state index is 0.289. The molecule has 2 aliphatic carbocycles. The molecule has 1 aromatic rings. The fourth-order valence-corrected chi connectivity index (χ4v) is 7.81. The molecule has 0 amide bonds. The molecular weight excluding hydrogens is 380 g/mol. The SMILES string of the molecule is CC(=O)CCc1ccccc1N(C)C1CC2CCCC(C1)N2C1CC2CCCC(C2)C1. The molecular formula is C28H42N2O. The molecule has 0 N–H and O–H groups in total. The predicted molar refractivity (Wildman–Crippen MR) is 129 cm³/mol. The van der Waals surface area contributed by atoms with Crippen molar-refractivity contribution in [3.8, 4) is 0 Å². The zero-order valence-electron chi connectivity index (χ0n) is 19.8. The molecule has 2 saturated heterocycles. The van der Waals surface area contributed by atoms with E-state index in [1.165, 1.54) is 81.9 Å². The van der Waals surface area contributed by atoms with Crippen LogP contribution in [0.15, 0.2) is 24.3 Å². The van der Waals surface area contributed by atoms with Crippen LogP contribution in [0.3, 0.4) is 0 Å². The van der Waals surface area contributed by atoms with E-state index < -0.39 is 0 Å². The van der Waals surface area contributed by atoms with Crippen LogP contribution in [0.2, 0.25) is 0 Å². The smallest absolute Gasteiger partial charge is 0.130 e. The van der Waals surface area contributed by atoms with Crippen molar-refractivity contribution in [1.82, 2.24) is 4.90 Å². The monoisotopic (exact) mass is 422 g/mol. The number of nitrogens with zero attached hydrogens (tertiary/aromatic N) is 2. The van der Waals surface area contributed by atoms with Gasteiger partial charge in [0.2, 0.25) is 0 Å². The third kappa shape index (κ3) is 4.58. The summed E-state index contributed by atoms with van der Waals surface area (Å²) in [7, 11) is 2.31. The molecule has 2 heterocycles. The van der Waals surface area contributed by atoms with Crippen LogP contribution in [-0.4, -0.2) is 41.9 Å². The molecule has 0 spiro atoms. The van der Waals surface area contributed by atoms with Crippen molar-refractivity contribution in [2.24, 2.45) is 11.8 Å². The number of hydrogen-bond donors (Lipinski definition) is 0. The molecule has 4 bridgehead atoms. The lowest BCUT2D eigenvalue weighted by molar-refractivity contribution is -0.116. The summed E-state index contributed by atoms with van der Waals surface area (Å²) >= 11 is 0. The number of carbonyl (C=O) groups is 1. The quantitative estimate of drug-likeness (QED) is 0.562. The molecule has 170 valence electrons. The van der Waals surface area contributed by atoms with Crippen molar-refractivity contribution >= 4 is 11.5 Å². The Morgan fingerprint density at radius 1 is 0.903 bits per heavy atom. The summed E-state index contributed by atoms with van der Waals surface area (Å²) in [5.74, 6) is 2.33. The lowest BCUT2D eigenvalue weighted by atomic mass is 9.68. The van der Waals surface area contributed by atoms with E-state index in [-0.39, 0.29) is 5.78 Å². The summed E-state index contributed by atoms with van der Waals surface area (Å²) in [4.78, 5) is 17.2. The van der Waals surface area contributed by atoms with Gasteiger partial charge in [-0.05, 0) is 81.8 Å². The highest BCUT2D eigenvalue weighted by Gasteiger charge is 2.45. The van der Waals surface area contributed by atoms with Gasteiger partial charge in [-0.15, -0.1) is 0 Å². The van der Waals surface area contributed by atoms with Crippen LogP contribution < -0.4 is 4.90 Å². The predicted octanol–water partition coefficient (Wildman–Crippen LogP) is 6.00. The number of hydrogen-bond acceptors (Lipinski definition) is 3. The minimum Gasteiger partial charge on any atom is -0.371 e. The maximum atomic E-state index is 11.6. The zero-order chi connectivity index (χ0) is 21.4. The van der Waals surface area contributed by atoms with E-state index in [2.05, 4.69) is 41.1 Å². The highest BCUT2D eigenvalue weighted by Crippen LogP contribution is 2.46. The molecule has 4 aliphatic rings. The highest BCUT2D eigenvalue weighted by molar-refractivity contribution is 5.76. The number of aryl methyl sites for hydroxylation is 1. The maximum Gasteiger partial charge on any atom is 0.130 e. The van der Waals surface area contributed by atoms with Crippen LogP contribution in [-0.2, 0) is 11.2 Å². The number of carbonyl (C=O) groups excluding carboxylic acids is 1. The first-order valence-corrected chi connectivity index (χ1v) is 13.2. The van der Waals surface area contributed by atoms with Gasteiger partial charge in [0.25, 0.3) is 0 Å². The van der Waals surface area contributed by atoms with Gasteiger partial charge in [-0.1, -0.05) is 43.9 Å². The Hall–Kier alpha value is -1.35. The largest absolute Gasteiger partial charge is 0.371 e. The molecule has 2 saturated carbocycles. The van der Waals surface area contributed by atoms with Gasteiger partial charge in [-0.3, -0.25) is 4.90 Å². The van der Waals surface area contributed by atoms with Crippen LogP contribution in [0.5, 0.6) is 0 Å². The van der Waals surface area contributed by atoms with E-state index in [0.29, 0.717) is 12.5 Å². The van der Waals surface area contributed by atoms with Crippen LogP contribution in [0, 0.1) is 11.8 Å². The number of anilines is 1. The normalized spacial score (nSPS) is 35.5. The number of para-hydroxylation sites is 1. The second kappa shape index (κ2) is 9.25. The van der Waals surface area contributed by atoms with E-state index in [0.717, 1.165) is 36.4 Å². The number of fused-ring (bicyclic) bond motifs is 4. The van der Waals surface area contributed by atoms with E-state index in [9.17, 15) is 4.79 Å². The molecule has 2 aliphatic heterocycles. The van der Waals surface area contributed by atoms with Crippen LogP contribution in [0.1, 0.15) is 89.5 Å². The van der Waals surface area contributed by atoms with Gasteiger partial charge in [0.1, 0.15) is 5.78 Å². The van der Waals surface area contributed by atoms with Crippen LogP contribution in [0.25, 0.3) is 0 Å². The maximum absolute atomic E-state index is 11.6. The number of piperidine rings is 2. The second-order valence-corrected chi connectivity index (χ2v) is 11.3. The van der Waals surface area contributed by atoms with E-state index in [1.807, 2.05) is 0 Å². The van der Waals surface area contributed by atoms with Crippen molar-refractivity contribution in [1.29, 1.82) is 0 Å². The Morgan fingerprint density at radius 2 is 1.55 bits per heavy atom. The van der Waals surface area contributed by atoms with Gasteiger partial charge in [0.15, 0.2) is 0 Å². The molecule has 0 aromatic heterocycles. The average molecular weight is 423 g/mol. The summed E-state index contributed by atoms with van der Waals surface area (Å²) in [5.41, 5.74) is 2.69. The first kappa shape index (κ1) is 21.5. The summed E-state index contributed by atoms with van der Waals surface area (Å²) in [6, 6.07) is 11.9. The Balaban J connectivity index is 1.30. The van der Waals surface area contributed by atoms with E-state index >= 15 is 0 Å². The topological polar surface area (TPSA) is 23.6 Å². The van der Waals surface area contributed by atoms with Crippen LogP contribution >= 0.6 is 0 Å². The minimum absolute atomic E-state index is 0.289. The average Bonchev–Trinajstić information content (AvgIpc) is 2.76. The van der Waals surface area contributed by atoms with E-state index in [4.69, 9.17) is 0 Å². The lowest BCUT2D eigenvalue weighted by Crippen LogP contribution is -2.61. The Morgan fingerprint density at radius 3 is 2.23 bits per heavy atom. The molecule has 3 nitrogen and oxygen atoms in total. The van der Waals surface area contributed by atoms with E-state index in [1.54, 1.807) is 6.92 Å². The van der Waals surface area contributed by atoms with Crippen molar-refractivity contribution in [2.75, 3.05) is 11.9 Å². The van der Waals surface area contributed by atoms with Crippen LogP contribution in [0.4, 0.5) is 5.69 Å². The van der Waals surface area contributed by atoms with Gasteiger partial charge in [-0.2, -0.15) is 0 Å². The summed E-state index contributed by atoms with van der Waals surface area (Å²) in [6.07, 6.45) is 17.4. The van der Waals surface area contributed by atoms with Crippen molar-refractivity contribution in [3.63, 3.8) is 0 Å². The van der Waals surface area contributed by atoms with Gasteiger partial charge >= 0.3 is 0 Å². The molecule has 31 heavy (non-hydrogen) atoms.